The van der Waals surface area contributed by atoms with Gasteiger partial charge in [-0.15, -0.1) is 0 Å². The lowest BCUT2D eigenvalue weighted by Gasteiger charge is -2.05. The number of nitrogens with zero attached hydrogens (tertiary/aromatic N) is 5. The van der Waals surface area contributed by atoms with E-state index < -0.39 is 5.69 Å². The smallest absolute Gasteiger partial charge is 0.326 e. The van der Waals surface area contributed by atoms with Gasteiger partial charge in [-0.05, 0) is 36.6 Å². The summed E-state index contributed by atoms with van der Waals surface area (Å²) >= 11 is 5.92. The van der Waals surface area contributed by atoms with E-state index in [1.165, 1.54) is 4.52 Å². The van der Waals surface area contributed by atoms with Gasteiger partial charge in [-0.1, -0.05) is 23.7 Å². The number of benzene rings is 1. The number of hydrogen-bond donors (Lipinski definition) is 3. The standard InChI is InChI=1S/C19H16ClN7O3/c20-12-3-1-10(2-4-12)9-30-19-24-15-11(7-14-16(28)25-18(29)23-14)8-21-27(15)17(26-19)22-13-5-6-13/h1-4,7-8,13,28H,5-6,9H2,(H2,23,25,29)/b11-7-,22-17?. The predicted molar refractivity (Wildman–Crippen MR) is 107 cm³/mol. The maximum atomic E-state index is 11.4. The van der Waals surface area contributed by atoms with E-state index in [0.29, 0.717) is 21.5 Å². The first-order valence-electron chi connectivity index (χ1n) is 9.25. The fourth-order valence-electron chi connectivity index (χ4n) is 2.85. The Labute approximate surface area is 173 Å². The lowest BCUT2D eigenvalue weighted by molar-refractivity contribution is 0.278. The van der Waals surface area contributed by atoms with E-state index in [4.69, 9.17) is 16.3 Å². The van der Waals surface area contributed by atoms with Crippen LogP contribution >= 0.6 is 11.6 Å². The van der Waals surface area contributed by atoms with Gasteiger partial charge >= 0.3 is 11.7 Å². The van der Waals surface area contributed by atoms with Gasteiger partial charge in [0.25, 0.3) is 5.62 Å². The number of nitrogens with one attached hydrogen (secondary N) is 2. The van der Waals surface area contributed by atoms with Crippen molar-refractivity contribution >= 4 is 23.3 Å². The molecule has 4 aromatic rings. The van der Waals surface area contributed by atoms with E-state index in [1.54, 1.807) is 24.4 Å². The third-order valence-corrected chi connectivity index (χ3v) is 4.77. The number of aromatic hydroxyl groups is 1. The SMILES string of the molecule is O=c1[nH]c(O)c(/C=c2/cnn3c(=NC4CC4)nc(OCc4ccc(Cl)cc4)nc23)[nH]1. The summed E-state index contributed by atoms with van der Waals surface area (Å²) in [6, 6.07) is 7.66. The van der Waals surface area contributed by atoms with E-state index in [2.05, 4.69) is 30.0 Å². The van der Waals surface area contributed by atoms with Gasteiger partial charge in [-0.25, -0.2) is 9.79 Å². The number of rotatable bonds is 5. The van der Waals surface area contributed by atoms with E-state index in [9.17, 15) is 9.90 Å². The van der Waals surface area contributed by atoms with Gasteiger partial charge in [0.15, 0.2) is 5.65 Å². The molecule has 0 aliphatic heterocycles. The molecule has 1 aromatic carbocycles. The Morgan fingerprint density at radius 3 is 2.77 bits per heavy atom. The molecule has 0 radical (unpaired) electrons. The largest absolute Gasteiger partial charge is 0.493 e. The molecule has 3 N–H and O–H groups in total. The Kier molecular flexibility index (Phi) is 4.47. The highest BCUT2D eigenvalue weighted by Gasteiger charge is 2.21. The second kappa shape index (κ2) is 7.30. The van der Waals surface area contributed by atoms with Gasteiger partial charge in [0.05, 0.1) is 12.2 Å². The van der Waals surface area contributed by atoms with Crippen LogP contribution < -0.4 is 21.3 Å². The molecule has 5 rings (SSSR count). The van der Waals surface area contributed by atoms with Crippen LogP contribution in [0.1, 0.15) is 24.1 Å². The van der Waals surface area contributed by atoms with Crippen molar-refractivity contribution in [2.75, 3.05) is 0 Å². The van der Waals surface area contributed by atoms with Crippen molar-refractivity contribution in [1.82, 2.24) is 29.5 Å². The zero-order valence-corrected chi connectivity index (χ0v) is 16.3. The molecule has 152 valence electrons. The average molecular weight is 426 g/mol. The van der Waals surface area contributed by atoms with E-state index in [0.717, 1.165) is 18.4 Å². The molecule has 3 aromatic heterocycles. The molecule has 11 heteroatoms. The summed E-state index contributed by atoms with van der Waals surface area (Å²) in [5, 5.41) is 15.4. The Bertz CT molecular complexity index is 1400. The number of fused-ring (bicyclic) bond motifs is 1. The van der Waals surface area contributed by atoms with Crippen molar-refractivity contribution in [2.24, 2.45) is 4.99 Å². The van der Waals surface area contributed by atoms with Crippen LogP contribution in [0.2, 0.25) is 5.02 Å². The first-order chi connectivity index (χ1) is 14.5. The first-order valence-corrected chi connectivity index (χ1v) is 9.63. The molecule has 30 heavy (non-hydrogen) atoms. The molecule has 0 spiro atoms. The number of aromatic nitrogens is 6. The van der Waals surface area contributed by atoms with Gasteiger partial charge < -0.3 is 14.8 Å². The lowest BCUT2D eigenvalue weighted by atomic mass is 10.2. The van der Waals surface area contributed by atoms with Crippen molar-refractivity contribution in [1.29, 1.82) is 0 Å². The maximum Gasteiger partial charge on any atom is 0.326 e. The van der Waals surface area contributed by atoms with Gasteiger partial charge in [0, 0.05) is 10.2 Å². The van der Waals surface area contributed by atoms with E-state index >= 15 is 0 Å². The second-order valence-corrected chi connectivity index (χ2v) is 7.34. The molecule has 1 aliphatic carbocycles. The summed E-state index contributed by atoms with van der Waals surface area (Å²) in [6.07, 6.45) is 5.13. The van der Waals surface area contributed by atoms with Gasteiger partial charge in [0.1, 0.15) is 12.3 Å². The third kappa shape index (κ3) is 3.77. The highest BCUT2D eigenvalue weighted by molar-refractivity contribution is 6.30. The van der Waals surface area contributed by atoms with Crippen LogP contribution in [-0.2, 0) is 6.61 Å². The summed E-state index contributed by atoms with van der Waals surface area (Å²) in [5.74, 6) is -0.268. The molecule has 0 bridgehead atoms. The van der Waals surface area contributed by atoms with Crippen LogP contribution in [0.4, 0.5) is 0 Å². The normalized spacial score (nSPS) is 15.2. The monoisotopic (exact) mass is 425 g/mol. The number of aromatic amines is 2. The summed E-state index contributed by atoms with van der Waals surface area (Å²) in [6.45, 7) is 0.259. The molecule has 10 nitrogen and oxygen atoms in total. The quantitative estimate of drug-likeness (QED) is 0.430. The van der Waals surface area contributed by atoms with Crippen molar-refractivity contribution in [3.05, 3.63) is 68.1 Å². The summed E-state index contributed by atoms with van der Waals surface area (Å²) in [4.78, 5) is 29.6. The molecule has 0 unspecified atom stereocenters. The van der Waals surface area contributed by atoms with Crippen LogP contribution in [0, 0.1) is 0 Å². The van der Waals surface area contributed by atoms with Crippen LogP contribution in [-0.4, -0.2) is 40.7 Å². The molecule has 1 fully saturated rings. The molecule has 3 heterocycles. The van der Waals surface area contributed by atoms with Crippen molar-refractivity contribution in [2.45, 2.75) is 25.5 Å². The van der Waals surface area contributed by atoms with E-state index in [-0.39, 0.29) is 30.2 Å². The number of imidazole rings is 1. The van der Waals surface area contributed by atoms with Gasteiger partial charge in [0.2, 0.25) is 5.88 Å². The van der Waals surface area contributed by atoms with Crippen LogP contribution in [0.5, 0.6) is 11.9 Å². The average Bonchev–Trinajstić information content (AvgIpc) is 3.36. The summed E-state index contributed by atoms with van der Waals surface area (Å²) in [7, 11) is 0. The third-order valence-electron chi connectivity index (χ3n) is 4.52. The first kappa shape index (κ1) is 18.4. The number of halogens is 1. The van der Waals surface area contributed by atoms with Crippen LogP contribution in [0.3, 0.4) is 0 Å². The molecule has 0 atom stereocenters. The molecule has 0 amide bonds. The zero-order chi connectivity index (χ0) is 20.7. The highest BCUT2D eigenvalue weighted by atomic mass is 35.5. The fraction of sp³-hybridized carbons (Fsp3) is 0.211. The summed E-state index contributed by atoms with van der Waals surface area (Å²) in [5.41, 5.74) is 1.45. The molecular formula is C19H16ClN7O3. The highest BCUT2D eigenvalue weighted by Crippen LogP contribution is 2.22. The minimum Gasteiger partial charge on any atom is -0.493 e. The van der Waals surface area contributed by atoms with Crippen molar-refractivity contribution in [3.8, 4) is 11.9 Å². The Balaban J connectivity index is 1.58. The maximum absolute atomic E-state index is 11.4. The van der Waals surface area contributed by atoms with Gasteiger partial charge in [-0.3, -0.25) is 4.98 Å². The minimum atomic E-state index is -0.513. The fourth-order valence-corrected chi connectivity index (χ4v) is 2.98. The zero-order valence-electron chi connectivity index (χ0n) is 15.5. The Morgan fingerprint density at radius 2 is 2.07 bits per heavy atom. The minimum absolute atomic E-state index is 0.152. The molecule has 0 saturated heterocycles. The Hall–Kier alpha value is -3.66. The second-order valence-electron chi connectivity index (χ2n) is 6.90. The Morgan fingerprint density at radius 1 is 1.27 bits per heavy atom. The van der Waals surface area contributed by atoms with E-state index in [1.807, 2.05) is 12.1 Å². The molecular weight excluding hydrogens is 410 g/mol. The molecule has 1 aliphatic rings. The summed E-state index contributed by atoms with van der Waals surface area (Å²) < 4.78 is 7.31. The number of hydrogen-bond acceptors (Lipinski definition) is 7. The van der Waals surface area contributed by atoms with Crippen LogP contribution in [0.15, 0.2) is 40.2 Å². The van der Waals surface area contributed by atoms with Crippen LogP contribution in [0.25, 0.3) is 11.7 Å². The number of H-pyrrole nitrogens is 2. The topological polar surface area (TPSA) is 134 Å². The predicted octanol–water partition coefficient (Wildman–Crippen LogP) is 0.689. The van der Waals surface area contributed by atoms with Gasteiger partial charge in [-0.2, -0.15) is 19.6 Å². The van der Waals surface area contributed by atoms with Crippen molar-refractivity contribution < 1.29 is 9.84 Å². The molecule has 1 saturated carbocycles. The van der Waals surface area contributed by atoms with Crippen molar-refractivity contribution in [3.63, 3.8) is 0 Å². The lowest BCUT2D eigenvalue weighted by Crippen LogP contribution is -2.23. The number of ether oxygens (including phenoxy) is 1.